The summed E-state index contributed by atoms with van der Waals surface area (Å²) in [5.74, 6) is 7.40. The lowest BCUT2D eigenvalue weighted by molar-refractivity contribution is 0.508. The molecule has 0 aliphatic rings. The first-order chi connectivity index (χ1) is 14.0. The van der Waals surface area contributed by atoms with E-state index in [1.165, 1.54) is 28.6 Å². The van der Waals surface area contributed by atoms with E-state index >= 15 is 0 Å². The molecule has 148 valence electrons. The Hall–Kier alpha value is -3.20. The van der Waals surface area contributed by atoms with E-state index in [1.54, 1.807) is 12.1 Å². The van der Waals surface area contributed by atoms with Crippen LogP contribution in [0.25, 0.3) is 11.5 Å². The lowest BCUT2D eigenvalue weighted by Gasteiger charge is -2.07. The summed E-state index contributed by atoms with van der Waals surface area (Å²) in [6.07, 6.45) is 0.455. The third kappa shape index (κ3) is 4.29. The van der Waals surface area contributed by atoms with Crippen LogP contribution in [0.5, 0.6) is 0 Å². The fraction of sp³-hybridized carbons (Fsp3) is 0.200. The number of rotatable bonds is 6. The van der Waals surface area contributed by atoms with E-state index in [4.69, 9.17) is 10.3 Å². The maximum absolute atomic E-state index is 13.1. The molecule has 0 spiro atoms. The van der Waals surface area contributed by atoms with Gasteiger partial charge in [-0.25, -0.2) is 9.07 Å². The van der Waals surface area contributed by atoms with Gasteiger partial charge in [0.05, 0.1) is 5.25 Å². The van der Waals surface area contributed by atoms with Crippen molar-refractivity contribution in [2.24, 2.45) is 0 Å². The van der Waals surface area contributed by atoms with Gasteiger partial charge >= 0.3 is 0 Å². The average molecular weight is 410 g/mol. The SMILES string of the molecule is Cc1ccc(-c2nnc([C@H](C)Sc3nnc(Cc4ccc(F)cc4)n3N)o2)cc1. The Morgan fingerprint density at radius 3 is 2.48 bits per heavy atom. The van der Waals surface area contributed by atoms with E-state index in [2.05, 4.69) is 20.4 Å². The standard InChI is InChI=1S/C20H19FN6OS/c1-12-3-7-15(8-4-12)19-25-24-18(28-19)13(2)29-20-26-23-17(27(20)22)11-14-5-9-16(21)10-6-14/h3-10,13H,11,22H2,1-2H3/t13-/m0/s1. The van der Waals surface area contributed by atoms with Crippen LogP contribution in [0, 0.1) is 12.7 Å². The number of nitrogens with two attached hydrogens (primary N) is 1. The molecule has 29 heavy (non-hydrogen) atoms. The Morgan fingerprint density at radius 2 is 1.76 bits per heavy atom. The molecule has 4 aromatic rings. The van der Waals surface area contributed by atoms with E-state index in [-0.39, 0.29) is 11.1 Å². The number of hydrogen-bond acceptors (Lipinski definition) is 7. The quantitative estimate of drug-likeness (QED) is 0.380. The molecule has 0 radical (unpaired) electrons. The van der Waals surface area contributed by atoms with Crippen molar-refractivity contribution in [3.8, 4) is 11.5 Å². The van der Waals surface area contributed by atoms with Crippen LogP contribution in [-0.2, 0) is 6.42 Å². The Labute approximate surface area is 171 Å². The minimum absolute atomic E-state index is 0.160. The molecule has 0 saturated carbocycles. The number of benzene rings is 2. The van der Waals surface area contributed by atoms with E-state index in [1.807, 2.05) is 38.1 Å². The highest BCUT2D eigenvalue weighted by molar-refractivity contribution is 7.99. The summed E-state index contributed by atoms with van der Waals surface area (Å²) in [6.45, 7) is 3.96. The van der Waals surface area contributed by atoms with Crippen molar-refractivity contribution < 1.29 is 8.81 Å². The highest BCUT2D eigenvalue weighted by Crippen LogP contribution is 2.34. The third-order valence-electron chi connectivity index (χ3n) is 4.38. The Bertz CT molecular complexity index is 1110. The van der Waals surface area contributed by atoms with Gasteiger partial charge in [0.25, 0.3) is 0 Å². The van der Waals surface area contributed by atoms with Gasteiger partial charge in [0, 0.05) is 12.0 Å². The lowest BCUT2D eigenvalue weighted by atomic mass is 10.1. The molecule has 7 nitrogen and oxygen atoms in total. The molecule has 0 aliphatic heterocycles. The first-order valence-corrected chi connectivity index (χ1v) is 9.88. The predicted octanol–water partition coefficient (Wildman–Crippen LogP) is 3.93. The first kappa shape index (κ1) is 19.1. The summed E-state index contributed by atoms with van der Waals surface area (Å²) in [5, 5.41) is 17.0. The largest absolute Gasteiger partial charge is 0.419 e. The predicted molar refractivity (Wildman–Crippen MR) is 108 cm³/mol. The Kier molecular flexibility index (Phi) is 5.30. The monoisotopic (exact) mass is 410 g/mol. The van der Waals surface area contributed by atoms with E-state index in [0.29, 0.717) is 29.2 Å². The van der Waals surface area contributed by atoms with Crippen molar-refractivity contribution in [3.05, 3.63) is 77.2 Å². The second-order valence-electron chi connectivity index (χ2n) is 6.64. The van der Waals surface area contributed by atoms with Crippen LogP contribution in [0.1, 0.15) is 35.0 Å². The zero-order chi connectivity index (χ0) is 20.4. The molecule has 2 N–H and O–H groups in total. The molecule has 2 aromatic carbocycles. The highest BCUT2D eigenvalue weighted by atomic mass is 32.2. The molecule has 1 atom stereocenters. The van der Waals surface area contributed by atoms with E-state index in [9.17, 15) is 4.39 Å². The summed E-state index contributed by atoms with van der Waals surface area (Å²) in [4.78, 5) is 0. The van der Waals surface area contributed by atoms with Gasteiger partial charge in [-0.15, -0.1) is 20.4 Å². The van der Waals surface area contributed by atoms with Gasteiger partial charge in [-0.1, -0.05) is 41.6 Å². The van der Waals surface area contributed by atoms with Crippen LogP contribution in [-0.4, -0.2) is 25.1 Å². The molecular formula is C20H19FN6OS. The second-order valence-corrected chi connectivity index (χ2v) is 7.95. The fourth-order valence-electron chi connectivity index (χ4n) is 2.71. The van der Waals surface area contributed by atoms with Crippen LogP contribution in [0.3, 0.4) is 0 Å². The van der Waals surface area contributed by atoms with Crippen molar-refractivity contribution in [1.29, 1.82) is 0 Å². The van der Waals surface area contributed by atoms with Gasteiger partial charge in [-0.2, -0.15) is 0 Å². The van der Waals surface area contributed by atoms with Crippen molar-refractivity contribution in [2.75, 3.05) is 5.84 Å². The number of hydrogen-bond donors (Lipinski definition) is 1. The number of aromatic nitrogens is 5. The van der Waals surface area contributed by atoms with E-state index < -0.39 is 0 Å². The average Bonchev–Trinajstić information content (AvgIpc) is 3.33. The van der Waals surface area contributed by atoms with Crippen molar-refractivity contribution >= 4 is 11.8 Å². The fourth-order valence-corrected chi connectivity index (χ4v) is 3.53. The molecule has 9 heteroatoms. The molecule has 0 bridgehead atoms. The maximum atomic E-state index is 13.1. The van der Waals surface area contributed by atoms with Crippen LogP contribution in [0.4, 0.5) is 4.39 Å². The summed E-state index contributed by atoms with van der Waals surface area (Å²) < 4.78 is 20.3. The van der Waals surface area contributed by atoms with Gasteiger partial charge in [0.15, 0.2) is 5.82 Å². The summed E-state index contributed by atoms with van der Waals surface area (Å²) in [5.41, 5.74) is 2.93. The van der Waals surface area contributed by atoms with Crippen molar-refractivity contribution in [3.63, 3.8) is 0 Å². The number of aryl methyl sites for hydroxylation is 1. The van der Waals surface area contributed by atoms with Crippen LogP contribution >= 0.6 is 11.8 Å². The zero-order valence-electron chi connectivity index (χ0n) is 15.9. The molecule has 2 heterocycles. The summed E-state index contributed by atoms with van der Waals surface area (Å²) in [6, 6.07) is 14.1. The van der Waals surface area contributed by atoms with Crippen LogP contribution < -0.4 is 5.84 Å². The lowest BCUT2D eigenvalue weighted by Crippen LogP contribution is -2.14. The Balaban J connectivity index is 1.46. The number of halogens is 1. The summed E-state index contributed by atoms with van der Waals surface area (Å²) in [7, 11) is 0. The topological polar surface area (TPSA) is 95.7 Å². The maximum Gasteiger partial charge on any atom is 0.247 e. The molecular weight excluding hydrogens is 391 g/mol. The zero-order valence-corrected chi connectivity index (χ0v) is 16.7. The van der Waals surface area contributed by atoms with Gasteiger partial charge in [0.1, 0.15) is 5.82 Å². The van der Waals surface area contributed by atoms with E-state index in [0.717, 1.165) is 16.7 Å². The molecule has 0 saturated heterocycles. The summed E-state index contributed by atoms with van der Waals surface area (Å²) >= 11 is 1.38. The van der Waals surface area contributed by atoms with Crippen molar-refractivity contribution in [1.82, 2.24) is 25.1 Å². The minimum atomic E-state index is -0.280. The normalized spacial score (nSPS) is 12.2. The molecule has 0 aliphatic carbocycles. The van der Waals surface area contributed by atoms with Crippen molar-refractivity contribution in [2.45, 2.75) is 30.7 Å². The van der Waals surface area contributed by atoms with Gasteiger partial charge < -0.3 is 10.3 Å². The van der Waals surface area contributed by atoms with Crippen LogP contribution in [0.15, 0.2) is 58.1 Å². The highest BCUT2D eigenvalue weighted by Gasteiger charge is 2.20. The second kappa shape index (κ2) is 8.04. The molecule has 0 unspecified atom stereocenters. The Morgan fingerprint density at radius 1 is 1.03 bits per heavy atom. The third-order valence-corrected chi connectivity index (χ3v) is 5.42. The van der Waals surface area contributed by atoms with Crippen LogP contribution in [0.2, 0.25) is 0 Å². The number of nitrogens with zero attached hydrogens (tertiary/aromatic N) is 5. The number of thioether (sulfide) groups is 1. The smallest absolute Gasteiger partial charge is 0.247 e. The molecule has 2 aromatic heterocycles. The van der Waals surface area contributed by atoms with Gasteiger partial charge in [-0.05, 0) is 43.7 Å². The molecule has 4 rings (SSSR count). The number of nitrogen functional groups attached to an aromatic ring is 1. The molecule has 0 fully saturated rings. The van der Waals surface area contributed by atoms with Gasteiger partial charge in [-0.3, -0.25) is 0 Å². The molecule has 0 amide bonds. The first-order valence-electron chi connectivity index (χ1n) is 9.00. The minimum Gasteiger partial charge on any atom is -0.419 e. The van der Waals surface area contributed by atoms with Gasteiger partial charge in [0.2, 0.25) is 16.9 Å².